The van der Waals surface area contributed by atoms with Crippen molar-refractivity contribution in [1.82, 2.24) is 4.90 Å². The Labute approximate surface area is 125 Å². The number of piperidine rings is 1. The highest BCUT2D eigenvalue weighted by Crippen LogP contribution is 2.63. The number of likely N-dealkylation sites (N-methyl/N-ethyl adjacent to an activating group) is 1. The second-order valence-corrected chi connectivity index (χ2v) is 7.30. The summed E-state index contributed by atoms with van der Waals surface area (Å²) in [6, 6.07) is 4.50. The van der Waals surface area contributed by atoms with Crippen molar-refractivity contribution in [3.63, 3.8) is 0 Å². The molecule has 5 atom stereocenters. The average Bonchev–Trinajstić information content (AvgIpc) is 2.83. The fourth-order valence-electron chi connectivity index (χ4n) is 5.50. The summed E-state index contributed by atoms with van der Waals surface area (Å²) in [7, 11) is 2.25. The lowest BCUT2D eigenvalue weighted by molar-refractivity contribution is -0.0143. The highest BCUT2D eigenvalue weighted by molar-refractivity contribution is 5.61. The number of ether oxygens (including phenoxy) is 1. The molecule has 1 spiro atoms. The van der Waals surface area contributed by atoms with Crippen LogP contribution >= 0.6 is 0 Å². The molecule has 1 unspecified atom stereocenters. The summed E-state index contributed by atoms with van der Waals surface area (Å²) in [5.41, 5.74) is 2.81. The molecular weight excluding hydrogens is 262 g/mol. The van der Waals surface area contributed by atoms with Gasteiger partial charge in [0.1, 0.15) is 6.10 Å². The van der Waals surface area contributed by atoms with E-state index in [0.29, 0.717) is 23.6 Å². The van der Waals surface area contributed by atoms with E-state index in [9.17, 15) is 5.11 Å². The maximum Gasteiger partial charge on any atom is 0.165 e. The first-order chi connectivity index (χ1) is 10.1. The predicted octanol–water partition coefficient (Wildman–Crippen LogP) is 2.47. The number of phenols is 1. The van der Waals surface area contributed by atoms with Crippen molar-refractivity contribution in [3.8, 4) is 11.5 Å². The normalized spacial score (nSPS) is 42.6. The van der Waals surface area contributed by atoms with Gasteiger partial charge in [-0.3, -0.25) is 0 Å². The third-order valence-corrected chi connectivity index (χ3v) is 6.42. The summed E-state index contributed by atoms with van der Waals surface area (Å²) >= 11 is 0. The van der Waals surface area contributed by atoms with Gasteiger partial charge in [0.15, 0.2) is 11.5 Å². The molecule has 110 valence electrons. The molecule has 3 heteroatoms. The van der Waals surface area contributed by atoms with Gasteiger partial charge in [-0.15, -0.1) is 0 Å². The van der Waals surface area contributed by atoms with E-state index < -0.39 is 0 Å². The molecule has 2 aliphatic carbocycles. The smallest absolute Gasteiger partial charge is 0.165 e. The van der Waals surface area contributed by atoms with Crippen LogP contribution in [0.4, 0.5) is 0 Å². The number of hydrogen-bond donors (Lipinski definition) is 1. The van der Waals surface area contributed by atoms with E-state index >= 15 is 0 Å². The molecule has 1 N–H and O–H groups in total. The van der Waals surface area contributed by atoms with Gasteiger partial charge in [0, 0.05) is 28.9 Å². The van der Waals surface area contributed by atoms with Gasteiger partial charge in [0.25, 0.3) is 0 Å². The molecule has 0 radical (unpaired) electrons. The summed E-state index contributed by atoms with van der Waals surface area (Å²) in [5, 5.41) is 10.3. The molecule has 1 saturated heterocycles. The van der Waals surface area contributed by atoms with Crippen molar-refractivity contribution >= 4 is 0 Å². The Morgan fingerprint density at radius 1 is 1.33 bits per heavy atom. The molecule has 0 amide bonds. The van der Waals surface area contributed by atoms with Crippen molar-refractivity contribution in [2.24, 2.45) is 11.8 Å². The van der Waals surface area contributed by atoms with Crippen molar-refractivity contribution in [2.45, 2.75) is 37.3 Å². The van der Waals surface area contributed by atoms with E-state index in [-0.39, 0.29) is 11.5 Å². The molecular formula is C18H21NO2. The maximum atomic E-state index is 10.3. The molecule has 1 fully saturated rings. The number of aromatic hydroxyl groups is 1. The van der Waals surface area contributed by atoms with Gasteiger partial charge in [-0.2, -0.15) is 0 Å². The minimum atomic E-state index is 0.0903. The molecule has 2 aliphatic heterocycles. The number of nitrogens with zero attached hydrogens (tertiary/aromatic N) is 1. The number of likely N-dealkylation sites (tertiary alicyclic amines) is 1. The Morgan fingerprint density at radius 3 is 3.05 bits per heavy atom. The number of rotatable bonds is 0. The van der Waals surface area contributed by atoms with Gasteiger partial charge in [-0.25, -0.2) is 0 Å². The Kier molecular flexibility index (Phi) is 2.10. The second kappa shape index (κ2) is 3.64. The third-order valence-electron chi connectivity index (χ3n) is 6.42. The zero-order valence-electron chi connectivity index (χ0n) is 12.5. The molecule has 21 heavy (non-hydrogen) atoms. The Morgan fingerprint density at radius 2 is 2.19 bits per heavy atom. The van der Waals surface area contributed by atoms with Crippen molar-refractivity contribution in [2.75, 3.05) is 13.6 Å². The third kappa shape index (κ3) is 1.21. The van der Waals surface area contributed by atoms with E-state index in [1.165, 1.54) is 11.1 Å². The van der Waals surface area contributed by atoms with Gasteiger partial charge < -0.3 is 14.7 Å². The van der Waals surface area contributed by atoms with Gasteiger partial charge in [0.2, 0.25) is 0 Å². The molecule has 0 saturated carbocycles. The van der Waals surface area contributed by atoms with Gasteiger partial charge in [0.05, 0.1) is 0 Å². The van der Waals surface area contributed by atoms with Crippen molar-refractivity contribution < 1.29 is 9.84 Å². The summed E-state index contributed by atoms with van der Waals surface area (Å²) < 4.78 is 6.34. The van der Waals surface area contributed by atoms with Crippen LogP contribution in [0.1, 0.15) is 24.5 Å². The van der Waals surface area contributed by atoms with E-state index in [2.05, 4.69) is 37.1 Å². The zero-order valence-corrected chi connectivity index (χ0v) is 12.5. The van der Waals surface area contributed by atoms with Crippen molar-refractivity contribution in [3.05, 3.63) is 35.4 Å². The van der Waals surface area contributed by atoms with E-state index in [1.54, 1.807) is 0 Å². The lowest BCUT2D eigenvalue weighted by Crippen LogP contribution is -2.63. The molecule has 1 aromatic carbocycles. The molecule has 3 nitrogen and oxygen atoms in total. The lowest BCUT2D eigenvalue weighted by atomic mass is 9.52. The van der Waals surface area contributed by atoms with Crippen LogP contribution in [0.25, 0.3) is 0 Å². The van der Waals surface area contributed by atoms with Crippen LogP contribution in [-0.4, -0.2) is 35.7 Å². The average molecular weight is 283 g/mol. The second-order valence-electron chi connectivity index (χ2n) is 7.30. The number of hydrogen-bond acceptors (Lipinski definition) is 3. The highest BCUT2D eigenvalue weighted by atomic mass is 16.5. The largest absolute Gasteiger partial charge is 0.504 e. The molecule has 5 rings (SSSR count). The van der Waals surface area contributed by atoms with E-state index in [4.69, 9.17) is 4.74 Å². The molecule has 4 aliphatic rings. The predicted molar refractivity (Wildman–Crippen MR) is 80.7 cm³/mol. The van der Waals surface area contributed by atoms with Gasteiger partial charge >= 0.3 is 0 Å². The number of phenolic OH excluding ortho intramolecular Hbond substituents is 1. The minimum Gasteiger partial charge on any atom is -0.504 e. The first-order valence-corrected chi connectivity index (χ1v) is 8.03. The fourth-order valence-corrected chi connectivity index (χ4v) is 5.50. The summed E-state index contributed by atoms with van der Waals surface area (Å²) in [6.45, 7) is 3.37. The van der Waals surface area contributed by atoms with Crippen LogP contribution in [0.15, 0.2) is 24.3 Å². The highest BCUT2D eigenvalue weighted by Gasteiger charge is 2.63. The Balaban J connectivity index is 1.84. The van der Waals surface area contributed by atoms with Crippen LogP contribution in [0.3, 0.4) is 0 Å². The lowest BCUT2D eigenvalue weighted by Gasteiger charge is -2.56. The van der Waals surface area contributed by atoms with Crippen LogP contribution < -0.4 is 4.74 Å². The SMILES string of the molecule is C[C@H]1C=CC2[C@H]3Cc4ccc(O)c5c4[C@@]2(CCN3C)[C@H]1O5. The van der Waals surface area contributed by atoms with Gasteiger partial charge in [-0.05, 0) is 38.1 Å². The standard InChI is InChI=1S/C18H21NO2/c1-10-3-5-12-13-9-11-4-6-14(20)16-15(11)18(12,17(10)21-16)7-8-19(13)2/h3-6,10,12-13,17,20H,7-9H2,1-2H3/t10-,12?,13+,17-,18-/m0/s1. The van der Waals surface area contributed by atoms with Crippen molar-refractivity contribution in [1.29, 1.82) is 0 Å². The van der Waals surface area contributed by atoms with Crippen LogP contribution in [0, 0.1) is 11.8 Å². The van der Waals surface area contributed by atoms with E-state index in [1.807, 2.05) is 6.07 Å². The molecule has 2 bridgehead atoms. The molecule has 1 aromatic rings. The topological polar surface area (TPSA) is 32.7 Å². The van der Waals surface area contributed by atoms with E-state index in [0.717, 1.165) is 25.1 Å². The van der Waals surface area contributed by atoms with Crippen LogP contribution in [0.2, 0.25) is 0 Å². The van der Waals surface area contributed by atoms with Crippen LogP contribution in [-0.2, 0) is 11.8 Å². The monoisotopic (exact) mass is 283 g/mol. The fraction of sp³-hybridized carbons (Fsp3) is 0.556. The first-order valence-electron chi connectivity index (χ1n) is 8.03. The Bertz CT molecular complexity index is 667. The first kappa shape index (κ1) is 12.1. The minimum absolute atomic E-state index is 0.0903. The van der Waals surface area contributed by atoms with Gasteiger partial charge in [-0.1, -0.05) is 25.1 Å². The van der Waals surface area contributed by atoms with Crippen LogP contribution in [0.5, 0.6) is 11.5 Å². The number of benzene rings is 1. The maximum absolute atomic E-state index is 10.3. The quantitative estimate of drug-likeness (QED) is 0.743. The zero-order chi connectivity index (χ0) is 14.4. The summed E-state index contributed by atoms with van der Waals surface area (Å²) in [5.74, 6) is 2.03. The summed E-state index contributed by atoms with van der Waals surface area (Å²) in [4.78, 5) is 2.51. The molecule has 2 heterocycles. The summed E-state index contributed by atoms with van der Waals surface area (Å²) in [6.07, 6.45) is 7.15. The molecule has 0 aromatic heterocycles. The Hall–Kier alpha value is -1.48.